The maximum absolute atomic E-state index is 14.5. The van der Waals surface area contributed by atoms with Crippen LogP contribution in [0.4, 0.5) is 13.2 Å². The van der Waals surface area contributed by atoms with Crippen molar-refractivity contribution in [1.82, 2.24) is 24.3 Å². The number of carbonyl (C=O) groups is 1. The van der Waals surface area contributed by atoms with Crippen LogP contribution in [0.1, 0.15) is 39.8 Å². The lowest BCUT2D eigenvalue weighted by atomic mass is 9.71. The first-order chi connectivity index (χ1) is 23.1. The Bertz CT molecular complexity index is 2330. The monoisotopic (exact) mass is 677 g/mol. The van der Waals surface area contributed by atoms with Gasteiger partial charge in [-0.05, 0) is 57.2 Å². The van der Waals surface area contributed by atoms with Crippen molar-refractivity contribution < 1.29 is 47.5 Å². The number of phenols is 2. The number of benzene rings is 2. The maximum atomic E-state index is 14.5. The summed E-state index contributed by atoms with van der Waals surface area (Å²) in [7, 11) is 1.45. The average molecular weight is 678 g/mol. The number of phenolic OH excluding ortho intramolecular Hbond substituents is 2. The number of halogens is 3. The first kappa shape index (κ1) is 31.7. The third kappa shape index (κ3) is 4.69. The van der Waals surface area contributed by atoms with Crippen molar-refractivity contribution in [3.8, 4) is 45.8 Å². The molecule has 0 spiro atoms. The standard InChI is InChI=1S/C33H26F3N5O8/c1-14-25(42)23(19-10-9-18-29(37-19)40(11-12-47-4)31(46)38-30(18)45)27-24(26(14)43)32(3)21(48-27)13-20-22(28(32)44)15(2)39-41(20)16-5-7-17(8-6-16)49-33(34,35)36/h5-10,13,42-43H,11-12H2,1-4H3,(H,38,45,46). The topological polar surface area (TPSA) is 171 Å². The van der Waals surface area contributed by atoms with Gasteiger partial charge in [0, 0.05) is 18.7 Å². The molecule has 0 bridgehead atoms. The molecule has 252 valence electrons. The van der Waals surface area contributed by atoms with Crippen molar-refractivity contribution in [2.24, 2.45) is 0 Å². The number of hydrogen-bond donors (Lipinski definition) is 3. The molecule has 0 amide bonds. The maximum Gasteiger partial charge on any atom is 0.573 e. The van der Waals surface area contributed by atoms with Crippen LogP contribution in [0.25, 0.3) is 34.1 Å². The predicted octanol–water partition coefficient (Wildman–Crippen LogP) is 4.81. The zero-order valence-corrected chi connectivity index (χ0v) is 26.2. The highest BCUT2D eigenvalue weighted by molar-refractivity contribution is 6.14. The second-order valence-corrected chi connectivity index (χ2v) is 11.7. The molecule has 1 atom stereocenters. The zero-order valence-electron chi connectivity index (χ0n) is 26.2. The highest BCUT2D eigenvalue weighted by Gasteiger charge is 2.55. The number of allylic oxidation sites excluding steroid dienone is 1. The SMILES string of the molecule is COCCn1c(=O)nc(O)c2ccc(-c3c(O)c(C)c(O)c4c3OC3=Cc5c(c(C)nn5-c5ccc(OC(F)(F)F)cc5)C(=O)C34C)nc21. The number of alkyl halides is 3. The summed E-state index contributed by atoms with van der Waals surface area (Å²) in [5.74, 6) is -2.23. The van der Waals surface area contributed by atoms with Crippen molar-refractivity contribution in [3.05, 3.63) is 80.7 Å². The predicted molar refractivity (Wildman–Crippen MR) is 166 cm³/mol. The molecular formula is C33H26F3N5O8. The minimum absolute atomic E-state index is 0.0150. The molecule has 1 aliphatic carbocycles. The average Bonchev–Trinajstić information content (AvgIpc) is 3.53. The third-order valence-corrected chi connectivity index (χ3v) is 8.78. The molecule has 5 aromatic rings. The van der Waals surface area contributed by atoms with Crippen LogP contribution in [0.3, 0.4) is 0 Å². The number of ketones is 1. The summed E-state index contributed by atoms with van der Waals surface area (Å²) in [5, 5.41) is 37.9. The van der Waals surface area contributed by atoms with E-state index in [1.54, 1.807) is 19.9 Å². The molecule has 0 fully saturated rings. The van der Waals surface area contributed by atoms with E-state index in [0.717, 1.165) is 12.1 Å². The van der Waals surface area contributed by atoms with Crippen LogP contribution in [0, 0.1) is 13.8 Å². The van der Waals surface area contributed by atoms with Gasteiger partial charge < -0.3 is 29.5 Å². The Morgan fingerprint density at radius 2 is 1.69 bits per heavy atom. The van der Waals surface area contributed by atoms with Crippen LogP contribution in [0.15, 0.2) is 47.0 Å². The largest absolute Gasteiger partial charge is 0.573 e. The number of carbonyl (C=O) groups excluding carboxylic acids is 1. The van der Waals surface area contributed by atoms with Crippen LogP contribution >= 0.6 is 0 Å². The Hall–Kier alpha value is -5.90. The van der Waals surface area contributed by atoms with E-state index in [-0.39, 0.29) is 75.1 Å². The molecule has 16 heteroatoms. The van der Waals surface area contributed by atoms with Gasteiger partial charge in [-0.25, -0.2) is 14.5 Å². The minimum atomic E-state index is -4.87. The lowest BCUT2D eigenvalue weighted by molar-refractivity contribution is -0.274. The molecule has 1 aliphatic heterocycles. The second kappa shape index (κ2) is 10.8. The van der Waals surface area contributed by atoms with Crippen molar-refractivity contribution in [1.29, 1.82) is 0 Å². The van der Waals surface area contributed by atoms with Gasteiger partial charge in [0.05, 0.1) is 58.0 Å². The number of methoxy groups -OCH3 is 1. The molecule has 3 N–H and O–H groups in total. The quantitative estimate of drug-likeness (QED) is 0.225. The highest BCUT2D eigenvalue weighted by atomic mass is 19.4. The number of aromatic hydroxyl groups is 3. The molecule has 13 nitrogen and oxygen atoms in total. The number of rotatable bonds is 6. The molecule has 2 aromatic carbocycles. The minimum Gasteiger partial charge on any atom is -0.507 e. The van der Waals surface area contributed by atoms with Gasteiger partial charge in [-0.15, -0.1) is 13.2 Å². The number of ether oxygens (including phenoxy) is 3. The molecule has 0 radical (unpaired) electrons. The lowest BCUT2D eigenvalue weighted by Crippen LogP contribution is -2.36. The summed E-state index contributed by atoms with van der Waals surface area (Å²) in [5.41, 5.74) is -1.01. The van der Waals surface area contributed by atoms with Gasteiger partial charge in [0.25, 0.3) is 0 Å². The summed E-state index contributed by atoms with van der Waals surface area (Å²) in [6, 6.07) is 7.87. The number of nitrogens with zero attached hydrogens (tertiary/aromatic N) is 5. The van der Waals surface area contributed by atoms with Gasteiger partial charge in [-0.2, -0.15) is 10.1 Å². The fraction of sp³-hybridized carbons (Fsp3) is 0.242. The van der Waals surface area contributed by atoms with E-state index in [2.05, 4.69) is 19.8 Å². The molecule has 0 saturated carbocycles. The van der Waals surface area contributed by atoms with E-state index in [4.69, 9.17) is 9.47 Å². The van der Waals surface area contributed by atoms with Gasteiger partial charge >= 0.3 is 12.1 Å². The number of Topliss-reactive ketones (excluding diaryl/α,β-unsaturated/α-hetero) is 1. The van der Waals surface area contributed by atoms with Crippen LogP contribution in [0.2, 0.25) is 0 Å². The van der Waals surface area contributed by atoms with E-state index >= 15 is 0 Å². The van der Waals surface area contributed by atoms with Crippen LogP contribution in [0.5, 0.6) is 28.9 Å². The van der Waals surface area contributed by atoms with Gasteiger partial charge in [-0.1, -0.05) is 0 Å². The number of aromatic nitrogens is 5. The van der Waals surface area contributed by atoms with E-state index in [1.807, 2.05) is 0 Å². The van der Waals surface area contributed by atoms with Gasteiger partial charge in [0.1, 0.15) is 39.8 Å². The lowest BCUT2D eigenvalue weighted by Gasteiger charge is -2.27. The molecule has 49 heavy (non-hydrogen) atoms. The normalized spacial score (nSPS) is 16.6. The first-order valence-electron chi connectivity index (χ1n) is 14.7. The van der Waals surface area contributed by atoms with Crippen LogP contribution < -0.4 is 15.2 Å². The fourth-order valence-electron chi connectivity index (χ4n) is 6.34. The summed E-state index contributed by atoms with van der Waals surface area (Å²) in [4.78, 5) is 35.4. The molecule has 4 heterocycles. The van der Waals surface area contributed by atoms with Crippen LogP contribution in [-0.2, 0) is 16.7 Å². The molecular weight excluding hydrogens is 651 g/mol. The molecule has 2 aliphatic rings. The third-order valence-electron chi connectivity index (χ3n) is 8.78. The Labute approximate surface area is 274 Å². The van der Waals surface area contributed by atoms with Gasteiger partial charge in [0.2, 0.25) is 5.88 Å². The fourth-order valence-corrected chi connectivity index (χ4v) is 6.34. The summed E-state index contributed by atoms with van der Waals surface area (Å²) in [6.07, 6.45) is -3.33. The van der Waals surface area contributed by atoms with Gasteiger partial charge in [0.15, 0.2) is 5.78 Å². The Morgan fingerprint density at radius 3 is 2.37 bits per heavy atom. The smallest absolute Gasteiger partial charge is 0.507 e. The summed E-state index contributed by atoms with van der Waals surface area (Å²) >= 11 is 0. The number of fused-ring (bicyclic) bond motifs is 5. The first-order valence-corrected chi connectivity index (χ1v) is 14.7. The van der Waals surface area contributed by atoms with E-state index in [1.165, 1.54) is 47.5 Å². The second-order valence-electron chi connectivity index (χ2n) is 11.7. The summed E-state index contributed by atoms with van der Waals surface area (Å²) < 4.78 is 56.1. The van der Waals surface area contributed by atoms with E-state index in [0.29, 0.717) is 11.4 Å². The van der Waals surface area contributed by atoms with E-state index in [9.17, 15) is 38.1 Å². The van der Waals surface area contributed by atoms with E-state index < -0.39 is 40.6 Å². The van der Waals surface area contributed by atoms with Crippen molar-refractivity contribution in [2.45, 2.75) is 39.1 Å². The number of hydrogen-bond acceptors (Lipinski definition) is 11. The van der Waals surface area contributed by atoms with Crippen molar-refractivity contribution >= 4 is 22.9 Å². The zero-order chi connectivity index (χ0) is 35.2. The Kier molecular flexibility index (Phi) is 6.99. The molecule has 1 unspecified atom stereocenters. The number of pyridine rings is 1. The van der Waals surface area contributed by atoms with Gasteiger partial charge in [-0.3, -0.25) is 9.36 Å². The van der Waals surface area contributed by atoms with Crippen molar-refractivity contribution in [2.75, 3.05) is 13.7 Å². The van der Waals surface area contributed by atoms with Crippen LogP contribution in [-0.4, -0.2) is 65.5 Å². The number of aryl methyl sites for hydroxylation is 1. The molecule has 3 aromatic heterocycles. The molecule has 7 rings (SSSR count). The van der Waals surface area contributed by atoms with Crippen molar-refractivity contribution in [3.63, 3.8) is 0 Å². The Morgan fingerprint density at radius 1 is 0.980 bits per heavy atom. The molecule has 0 saturated heterocycles. The summed E-state index contributed by atoms with van der Waals surface area (Å²) in [6.45, 7) is 4.81. The Balaban J connectivity index is 1.40. The highest BCUT2D eigenvalue weighted by Crippen LogP contribution is 2.60.